The van der Waals surface area contributed by atoms with Gasteiger partial charge in [0.1, 0.15) is 5.60 Å². The van der Waals surface area contributed by atoms with Gasteiger partial charge in [-0.25, -0.2) is 4.79 Å². The van der Waals surface area contributed by atoms with Gasteiger partial charge in [-0.3, -0.25) is 4.98 Å². The maximum atomic E-state index is 12.6. The van der Waals surface area contributed by atoms with E-state index in [1.165, 1.54) is 5.56 Å². The second kappa shape index (κ2) is 9.61. The number of carbonyl (C=O) groups excluding carboxylic acids is 1. The summed E-state index contributed by atoms with van der Waals surface area (Å²) in [6, 6.07) is 4.12. The molecule has 32 heavy (non-hydrogen) atoms. The number of benzene rings is 1. The van der Waals surface area contributed by atoms with Crippen molar-refractivity contribution >= 4 is 35.1 Å². The highest BCUT2D eigenvalue weighted by Crippen LogP contribution is 2.40. The number of methoxy groups -OCH3 is 2. The number of halogens is 1. The first kappa shape index (κ1) is 24.2. The molecule has 2 heterocycles. The molecular formula is C24H34ClN3O4. The highest BCUT2D eigenvalue weighted by Gasteiger charge is 2.29. The fourth-order valence-electron chi connectivity index (χ4n) is 4.55. The second-order valence-corrected chi connectivity index (χ2v) is 9.40. The SMILES string of the molecule is COc1cc2nc3c(c(N[C@@H]4CCCN(C(=O)OC(C)(C)C)C4)c2cc1OC)CCC3.Cl. The molecule has 0 unspecified atom stereocenters. The molecule has 1 aliphatic carbocycles. The van der Waals surface area contributed by atoms with Crippen LogP contribution in [0, 0.1) is 0 Å². The first-order chi connectivity index (χ1) is 14.8. The average Bonchev–Trinajstić information content (AvgIpc) is 3.20. The molecule has 1 saturated heterocycles. The zero-order chi connectivity index (χ0) is 22.2. The summed E-state index contributed by atoms with van der Waals surface area (Å²) in [4.78, 5) is 19.3. The van der Waals surface area contributed by atoms with Crippen LogP contribution in [0.1, 0.15) is 51.3 Å². The van der Waals surface area contributed by atoms with E-state index in [1.54, 1.807) is 14.2 Å². The predicted molar refractivity (Wildman–Crippen MR) is 129 cm³/mol. The van der Waals surface area contributed by atoms with Crippen molar-refractivity contribution in [3.8, 4) is 11.5 Å². The lowest BCUT2D eigenvalue weighted by Gasteiger charge is -2.35. The minimum atomic E-state index is -0.491. The van der Waals surface area contributed by atoms with Crippen LogP contribution in [0.2, 0.25) is 0 Å². The van der Waals surface area contributed by atoms with Crippen LogP contribution in [0.3, 0.4) is 0 Å². The summed E-state index contributed by atoms with van der Waals surface area (Å²) in [7, 11) is 3.29. The quantitative estimate of drug-likeness (QED) is 0.689. The van der Waals surface area contributed by atoms with Crippen molar-refractivity contribution in [2.45, 2.75) is 64.5 Å². The van der Waals surface area contributed by atoms with Crippen LogP contribution >= 0.6 is 12.4 Å². The summed E-state index contributed by atoms with van der Waals surface area (Å²) in [5.74, 6) is 1.37. The largest absolute Gasteiger partial charge is 0.493 e. The molecular weight excluding hydrogens is 430 g/mol. The number of hydrogen-bond acceptors (Lipinski definition) is 6. The minimum Gasteiger partial charge on any atom is -0.493 e. The number of aryl methyl sites for hydroxylation is 1. The van der Waals surface area contributed by atoms with Crippen LogP contribution in [0.4, 0.5) is 10.5 Å². The van der Waals surface area contributed by atoms with Gasteiger partial charge >= 0.3 is 6.09 Å². The number of pyridine rings is 1. The van der Waals surface area contributed by atoms with Crippen LogP contribution in [-0.4, -0.2) is 54.9 Å². The maximum absolute atomic E-state index is 12.6. The highest BCUT2D eigenvalue weighted by atomic mass is 35.5. The van der Waals surface area contributed by atoms with Crippen LogP contribution in [0.15, 0.2) is 12.1 Å². The topological polar surface area (TPSA) is 72.9 Å². The van der Waals surface area contributed by atoms with Crippen molar-refractivity contribution in [1.82, 2.24) is 9.88 Å². The molecule has 0 radical (unpaired) electrons. The Morgan fingerprint density at radius 1 is 1.12 bits per heavy atom. The van der Waals surface area contributed by atoms with Crippen LogP contribution < -0.4 is 14.8 Å². The molecule has 1 aromatic heterocycles. The van der Waals surface area contributed by atoms with E-state index in [-0.39, 0.29) is 24.5 Å². The predicted octanol–water partition coefficient (Wildman–Crippen LogP) is 4.97. The highest BCUT2D eigenvalue weighted by molar-refractivity contribution is 5.96. The third-order valence-corrected chi connectivity index (χ3v) is 5.94. The molecule has 7 nitrogen and oxygen atoms in total. The van der Waals surface area contributed by atoms with Crippen molar-refractivity contribution in [2.24, 2.45) is 0 Å². The molecule has 0 spiro atoms. The monoisotopic (exact) mass is 463 g/mol. The molecule has 0 saturated carbocycles. The third-order valence-electron chi connectivity index (χ3n) is 5.94. The van der Waals surface area contributed by atoms with Crippen molar-refractivity contribution < 1.29 is 19.0 Å². The van der Waals surface area contributed by atoms with Crippen molar-refractivity contribution in [1.29, 1.82) is 0 Å². The van der Waals surface area contributed by atoms with E-state index >= 15 is 0 Å². The summed E-state index contributed by atoms with van der Waals surface area (Å²) in [5.41, 5.74) is 3.97. The zero-order valence-corrected chi connectivity index (χ0v) is 20.4. The lowest BCUT2D eigenvalue weighted by molar-refractivity contribution is 0.0206. The van der Waals surface area contributed by atoms with Gasteiger partial charge in [0.15, 0.2) is 11.5 Å². The van der Waals surface area contributed by atoms with Gasteiger partial charge in [0, 0.05) is 42.0 Å². The van der Waals surface area contributed by atoms with Crippen LogP contribution in [0.25, 0.3) is 10.9 Å². The Kier molecular flexibility index (Phi) is 7.28. The van der Waals surface area contributed by atoms with Crippen molar-refractivity contribution in [3.05, 3.63) is 23.4 Å². The Labute approximate surface area is 196 Å². The summed E-state index contributed by atoms with van der Waals surface area (Å²) in [6.45, 7) is 7.06. The number of fused-ring (bicyclic) bond motifs is 2. The number of amides is 1. The van der Waals surface area contributed by atoms with Gasteiger partial charge in [0.25, 0.3) is 0 Å². The van der Waals surface area contributed by atoms with E-state index in [0.29, 0.717) is 18.0 Å². The Bertz CT molecular complexity index is 990. The number of rotatable bonds is 4. The van der Waals surface area contributed by atoms with Crippen LogP contribution in [0.5, 0.6) is 11.5 Å². The third kappa shape index (κ3) is 4.98. The number of anilines is 1. The summed E-state index contributed by atoms with van der Waals surface area (Å²) < 4.78 is 16.6. The van der Waals surface area contributed by atoms with Gasteiger partial charge in [-0.15, -0.1) is 12.4 Å². The molecule has 8 heteroatoms. The number of piperidine rings is 1. The van der Waals surface area contributed by atoms with E-state index in [9.17, 15) is 4.79 Å². The van der Waals surface area contributed by atoms with Crippen LogP contribution in [-0.2, 0) is 17.6 Å². The molecule has 0 bridgehead atoms. The summed E-state index contributed by atoms with van der Waals surface area (Å²) in [6.07, 6.45) is 4.82. The number of aromatic nitrogens is 1. The number of carbonyl (C=O) groups is 1. The number of likely N-dealkylation sites (tertiary alicyclic amines) is 1. The molecule has 1 fully saturated rings. The smallest absolute Gasteiger partial charge is 0.410 e. The lowest BCUT2D eigenvalue weighted by Crippen LogP contribution is -2.47. The summed E-state index contributed by atoms with van der Waals surface area (Å²) in [5, 5.41) is 4.81. The molecule has 2 aliphatic rings. The van der Waals surface area contributed by atoms with E-state index in [4.69, 9.17) is 19.2 Å². The first-order valence-corrected chi connectivity index (χ1v) is 11.1. The molecule has 1 N–H and O–H groups in total. The Morgan fingerprint density at radius 3 is 2.53 bits per heavy atom. The van der Waals surface area contributed by atoms with Gasteiger partial charge in [0.05, 0.1) is 19.7 Å². The summed E-state index contributed by atoms with van der Waals surface area (Å²) >= 11 is 0. The van der Waals surface area contributed by atoms with Gasteiger partial charge in [-0.2, -0.15) is 0 Å². The maximum Gasteiger partial charge on any atom is 0.410 e. The molecule has 1 aromatic carbocycles. The van der Waals surface area contributed by atoms with E-state index < -0.39 is 5.60 Å². The molecule has 2 aromatic rings. The lowest BCUT2D eigenvalue weighted by atomic mass is 10.0. The van der Waals surface area contributed by atoms with E-state index in [1.807, 2.05) is 37.8 Å². The van der Waals surface area contributed by atoms with E-state index in [2.05, 4.69) is 5.32 Å². The normalized spacial score (nSPS) is 18.0. The number of ether oxygens (including phenoxy) is 3. The second-order valence-electron chi connectivity index (χ2n) is 9.40. The Morgan fingerprint density at radius 2 is 1.84 bits per heavy atom. The molecule has 1 atom stereocenters. The van der Waals surface area contributed by atoms with Gasteiger partial charge in [0.2, 0.25) is 0 Å². The Balaban J connectivity index is 0.00000289. The van der Waals surface area contributed by atoms with Crippen molar-refractivity contribution in [2.75, 3.05) is 32.6 Å². The molecule has 176 valence electrons. The van der Waals surface area contributed by atoms with E-state index in [0.717, 1.165) is 60.9 Å². The fraction of sp³-hybridized carbons (Fsp3) is 0.583. The average molecular weight is 464 g/mol. The van der Waals surface area contributed by atoms with Crippen molar-refractivity contribution in [3.63, 3.8) is 0 Å². The van der Waals surface area contributed by atoms with Gasteiger partial charge in [-0.1, -0.05) is 0 Å². The fourth-order valence-corrected chi connectivity index (χ4v) is 4.55. The number of hydrogen-bond donors (Lipinski definition) is 1. The number of nitrogens with zero attached hydrogens (tertiary/aromatic N) is 2. The Hall–Kier alpha value is -2.41. The number of nitrogens with one attached hydrogen (secondary N) is 1. The molecule has 1 amide bonds. The van der Waals surface area contributed by atoms with Gasteiger partial charge in [-0.05, 0) is 64.5 Å². The minimum absolute atomic E-state index is 0. The first-order valence-electron chi connectivity index (χ1n) is 11.1. The molecule has 1 aliphatic heterocycles. The zero-order valence-electron chi connectivity index (χ0n) is 19.6. The van der Waals surface area contributed by atoms with Gasteiger partial charge < -0.3 is 24.4 Å². The molecule has 4 rings (SSSR count). The standard InChI is InChI=1S/C24H33N3O4.ClH/c1-24(2,3)31-23(28)27-11-7-8-15(14-27)25-22-16-9-6-10-18(16)26-19-13-21(30-5)20(29-4)12-17(19)22;/h12-13,15H,6-11,14H2,1-5H3,(H,25,26);1H/t15-;/m1./s1.